The molecule has 3 rings (SSSR count). The van der Waals surface area contributed by atoms with Crippen molar-refractivity contribution in [2.75, 3.05) is 19.6 Å². The van der Waals surface area contributed by atoms with Crippen LogP contribution in [-0.2, 0) is 0 Å². The van der Waals surface area contributed by atoms with Crippen LogP contribution in [0.15, 0.2) is 33.2 Å². The second-order valence-corrected chi connectivity index (χ2v) is 6.38. The van der Waals surface area contributed by atoms with Gasteiger partial charge >= 0.3 is 0 Å². The molecular weight excluding hydrogens is 332 g/mol. The first-order valence-corrected chi connectivity index (χ1v) is 8.20. The fourth-order valence-corrected chi connectivity index (χ4v) is 3.25. The molecule has 1 amide bonds. The summed E-state index contributed by atoms with van der Waals surface area (Å²) in [7, 11) is 0. The number of hydrogen-bond acceptors (Lipinski definition) is 3. The van der Waals surface area contributed by atoms with Gasteiger partial charge in [-0.25, -0.2) is 0 Å². The average molecular weight is 351 g/mol. The van der Waals surface area contributed by atoms with Gasteiger partial charge in [0.25, 0.3) is 5.91 Å². The minimum atomic E-state index is -0.137. The number of rotatable bonds is 4. The van der Waals surface area contributed by atoms with E-state index in [-0.39, 0.29) is 5.91 Å². The van der Waals surface area contributed by atoms with E-state index in [0.29, 0.717) is 18.2 Å². The third-order valence-corrected chi connectivity index (χ3v) is 4.58. The summed E-state index contributed by atoms with van der Waals surface area (Å²) in [6.07, 6.45) is 3.50. The molecule has 2 aromatic rings. The summed E-state index contributed by atoms with van der Waals surface area (Å²) >= 11 is 3.43. The maximum atomic E-state index is 12.1. The summed E-state index contributed by atoms with van der Waals surface area (Å²) in [6, 6.07) is 7.56. The number of hydrogen-bond donors (Lipinski definition) is 2. The Hall–Kier alpha value is -1.33. The Balaban J connectivity index is 1.57. The summed E-state index contributed by atoms with van der Waals surface area (Å²) in [6.45, 7) is 2.88. The lowest BCUT2D eigenvalue weighted by Gasteiger charge is -2.22. The molecule has 1 aromatic heterocycles. The zero-order chi connectivity index (χ0) is 14.7. The Morgan fingerprint density at radius 1 is 1.48 bits per heavy atom. The number of furan rings is 1. The topological polar surface area (TPSA) is 54.3 Å². The summed E-state index contributed by atoms with van der Waals surface area (Å²) in [5.41, 5.74) is 0.721. The molecule has 5 heteroatoms. The van der Waals surface area contributed by atoms with Gasteiger partial charge < -0.3 is 15.1 Å². The fourth-order valence-electron chi connectivity index (χ4n) is 2.79. The Bertz CT molecular complexity index is 632. The van der Waals surface area contributed by atoms with E-state index in [1.54, 1.807) is 6.07 Å². The van der Waals surface area contributed by atoms with E-state index in [1.807, 2.05) is 18.2 Å². The number of carbonyl (C=O) groups is 1. The molecule has 1 aliphatic heterocycles. The Kier molecular flexibility index (Phi) is 4.60. The van der Waals surface area contributed by atoms with Crippen LogP contribution >= 0.6 is 15.9 Å². The van der Waals surface area contributed by atoms with Crippen molar-refractivity contribution in [1.82, 2.24) is 10.6 Å². The maximum Gasteiger partial charge on any atom is 0.287 e. The molecule has 1 saturated heterocycles. The molecule has 1 atom stereocenters. The standard InChI is InChI=1S/C16H19BrN2O2/c17-13-5-1-4-12-9-14(21-15(12)13)16(20)19-8-6-11-3-2-7-18-10-11/h1,4-5,9,11,18H,2-3,6-8,10H2,(H,19,20). The molecule has 0 spiro atoms. The highest BCUT2D eigenvalue weighted by Gasteiger charge is 2.15. The summed E-state index contributed by atoms with van der Waals surface area (Å²) in [5.74, 6) is 0.907. The van der Waals surface area contributed by atoms with Crippen LogP contribution in [0.3, 0.4) is 0 Å². The van der Waals surface area contributed by atoms with Crippen molar-refractivity contribution in [2.45, 2.75) is 19.3 Å². The van der Waals surface area contributed by atoms with Gasteiger partial charge in [0, 0.05) is 11.9 Å². The van der Waals surface area contributed by atoms with Gasteiger partial charge in [-0.2, -0.15) is 0 Å². The predicted molar refractivity (Wildman–Crippen MR) is 86.5 cm³/mol. The minimum absolute atomic E-state index is 0.137. The van der Waals surface area contributed by atoms with Gasteiger partial charge in [-0.15, -0.1) is 0 Å². The molecule has 1 aromatic carbocycles. The molecule has 0 bridgehead atoms. The molecule has 112 valence electrons. The van der Waals surface area contributed by atoms with Crippen LogP contribution in [0.5, 0.6) is 0 Å². The van der Waals surface area contributed by atoms with Crippen LogP contribution in [0.1, 0.15) is 29.8 Å². The van der Waals surface area contributed by atoms with E-state index in [4.69, 9.17) is 4.42 Å². The van der Waals surface area contributed by atoms with E-state index >= 15 is 0 Å². The van der Waals surface area contributed by atoms with Crippen LogP contribution in [0.25, 0.3) is 11.0 Å². The number of benzene rings is 1. The number of amides is 1. The van der Waals surface area contributed by atoms with Gasteiger partial charge in [0.2, 0.25) is 0 Å². The molecule has 4 nitrogen and oxygen atoms in total. The third-order valence-electron chi connectivity index (χ3n) is 3.96. The van der Waals surface area contributed by atoms with Crippen molar-refractivity contribution < 1.29 is 9.21 Å². The minimum Gasteiger partial charge on any atom is -0.450 e. The van der Waals surface area contributed by atoms with E-state index < -0.39 is 0 Å². The summed E-state index contributed by atoms with van der Waals surface area (Å²) in [4.78, 5) is 12.1. The first kappa shape index (κ1) is 14.6. The zero-order valence-corrected chi connectivity index (χ0v) is 13.4. The monoisotopic (exact) mass is 350 g/mol. The molecule has 1 fully saturated rings. The van der Waals surface area contributed by atoms with Gasteiger partial charge in [-0.05, 0) is 66.3 Å². The second-order valence-electron chi connectivity index (χ2n) is 5.53. The lowest BCUT2D eigenvalue weighted by atomic mass is 9.96. The van der Waals surface area contributed by atoms with E-state index in [0.717, 1.165) is 35.0 Å². The number of para-hydroxylation sites is 1. The first-order chi connectivity index (χ1) is 10.2. The number of fused-ring (bicyclic) bond motifs is 1. The normalized spacial score (nSPS) is 18.8. The van der Waals surface area contributed by atoms with Crippen molar-refractivity contribution in [2.24, 2.45) is 5.92 Å². The number of halogens is 1. The van der Waals surface area contributed by atoms with Crippen LogP contribution in [-0.4, -0.2) is 25.5 Å². The van der Waals surface area contributed by atoms with Crippen molar-refractivity contribution >= 4 is 32.8 Å². The van der Waals surface area contributed by atoms with Crippen molar-refractivity contribution in [1.29, 1.82) is 0 Å². The van der Waals surface area contributed by atoms with Crippen LogP contribution in [0.4, 0.5) is 0 Å². The molecule has 1 aliphatic rings. The highest BCUT2D eigenvalue weighted by molar-refractivity contribution is 9.10. The zero-order valence-electron chi connectivity index (χ0n) is 11.8. The van der Waals surface area contributed by atoms with Crippen molar-refractivity contribution in [3.63, 3.8) is 0 Å². The smallest absolute Gasteiger partial charge is 0.287 e. The number of carbonyl (C=O) groups excluding carboxylic acids is 1. The molecule has 0 saturated carbocycles. The van der Waals surface area contributed by atoms with Crippen molar-refractivity contribution in [3.8, 4) is 0 Å². The molecule has 2 heterocycles. The van der Waals surface area contributed by atoms with Gasteiger partial charge in [0.15, 0.2) is 5.76 Å². The molecule has 0 aliphatic carbocycles. The van der Waals surface area contributed by atoms with Gasteiger partial charge in [-0.3, -0.25) is 4.79 Å². The lowest BCUT2D eigenvalue weighted by molar-refractivity contribution is 0.0925. The van der Waals surface area contributed by atoms with Gasteiger partial charge in [0.1, 0.15) is 5.58 Å². The van der Waals surface area contributed by atoms with Gasteiger partial charge in [-0.1, -0.05) is 12.1 Å². The Morgan fingerprint density at radius 2 is 2.38 bits per heavy atom. The molecule has 2 N–H and O–H groups in total. The van der Waals surface area contributed by atoms with Gasteiger partial charge in [0.05, 0.1) is 4.47 Å². The summed E-state index contributed by atoms with van der Waals surface area (Å²) < 4.78 is 6.50. The molecule has 1 unspecified atom stereocenters. The van der Waals surface area contributed by atoms with Crippen LogP contribution in [0, 0.1) is 5.92 Å². The lowest BCUT2D eigenvalue weighted by Crippen LogP contribution is -2.33. The van der Waals surface area contributed by atoms with E-state index in [9.17, 15) is 4.79 Å². The average Bonchev–Trinajstić information content (AvgIpc) is 2.94. The Morgan fingerprint density at radius 3 is 3.14 bits per heavy atom. The van der Waals surface area contributed by atoms with Crippen LogP contribution in [0.2, 0.25) is 0 Å². The molecule has 21 heavy (non-hydrogen) atoms. The quantitative estimate of drug-likeness (QED) is 0.889. The first-order valence-electron chi connectivity index (χ1n) is 7.41. The number of nitrogens with one attached hydrogen (secondary N) is 2. The summed E-state index contributed by atoms with van der Waals surface area (Å²) in [5, 5.41) is 7.28. The molecule has 0 radical (unpaired) electrons. The van der Waals surface area contributed by atoms with E-state index in [2.05, 4.69) is 26.6 Å². The third kappa shape index (κ3) is 3.47. The Labute approximate surface area is 132 Å². The predicted octanol–water partition coefficient (Wildman–Crippen LogP) is 3.31. The molecular formula is C16H19BrN2O2. The fraction of sp³-hybridized carbons (Fsp3) is 0.438. The SMILES string of the molecule is O=C(NCCC1CCCNC1)c1cc2cccc(Br)c2o1. The highest BCUT2D eigenvalue weighted by Crippen LogP contribution is 2.26. The van der Waals surface area contributed by atoms with Crippen molar-refractivity contribution in [3.05, 3.63) is 34.5 Å². The maximum absolute atomic E-state index is 12.1. The number of piperidine rings is 1. The second kappa shape index (κ2) is 6.62. The van der Waals surface area contributed by atoms with Crippen LogP contribution < -0.4 is 10.6 Å². The highest BCUT2D eigenvalue weighted by atomic mass is 79.9. The largest absolute Gasteiger partial charge is 0.450 e. The van der Waals surface area contributed by atoms with E-state index in [1.165, 1.54) is 12.8 Å².